The van der Waals surface area contributed by atoms with E-state index in [-0.39, 0.29) is 12.3 Å². The van der Waals surface area contributed by atoms with E-state index in [4.69, 9.17) is 14.2 Å². The van der Waals surface area contributed by atoms with Crippen LogP contribution < -0.4 is 9.47 Å². The van der Waals surface area contributed by atoms with Crippen LogP contribution in [0.15, 0.2) is 54.6 Å². The minimum Gasteiger partial charge on any atom is -0.497 e. The average molecular weight is 393 g/mol. The van der Waals surface area contributed by atoms with Gasteiger partial charge in [0.15, 0.2) is 0 Å². The third-order valence-electron chi connectivity index (χ3n) is 4.71. The van der Waals surface area contributed by atoms with Crippen LogP contribution in [-0.2, 0) is 16.0 Å². The molecule has 0 saturated heterocycles. The van der Waals surface area contributed by atoms with E-state index in [0.29, 0.717) is 11.4 Å². The SMILES string of the molecule is COC(=O)Cc1cc(-c2ccc(OC)cc2)c(-c2ccc(OC)cc2)n1C(C)=O. The summed E-state index contributed by atoms with van der Waals surface area (Å²) in [5, 5.41) is 0. The summed E-state index contributed by atoms with van der Waals surface area (Å²) in [5.74, 6) is 0.859. The zero-order valence-corrected chi connectivity index (χ0v) is 16.9. The van der Waals surface area contributed by atoms with Crippen molar-refractivity contribution in [2.24, 2.45) is 0 Å². The molecule has 0 atom stereocenters. The van der Waals surface area contributed by atoms with Crippen LogP contribution in [0.4, 0.5) is 0 Å². The van der Waals surface area contributed by atoms with Gasteiger partial charge in [-0.25, -0.2) is 0 Å². The molecule has 3 aromatic rings. The van der Waals surface area contributed by atoms with E-state index in [1.54, 1.807) is 18.8 Å². The molecule has 6 nitrogen and oxygen atoms in total. The predicted molar refractivity (Wildman–Crippen MR) is 110 cm³/mol. The molecule has 0 spiro atoms. The number of carbonyl (C=O) groups excluding carboxylic acids is 2. The number of aromatic nitrogens is 1. The van der Waals surface area contributed by atoms with Crippen LogP contribution in [0.25, 0.3) is 22.4 Å². The molecule has 0 bridgehead atoms. The van der Waals surface area contributed by atoms with Gasteiger partial charge in [-0.05, 0) is 53.6 Å². The van der Waals surface area contributed by atoms with Crippen LogP contribution in [0, 0.1) is 0 Å². The van der Waals surface area contributed by atoms with Crippen LogP contribution in [0.5, 0.6) is 11.5 Å². The maximum Gasteiger partial charge on any atom is 0.311 e. The summed E-state index contributed by atoms with van der Waals surface area (Å²) >= 11 is 0. The highest BCUT2D eigenvalue weighted by atomic mass is 16.5. The molecule has 0 amide bonds. The summed E-state index contributed by atoms with van der Waals surface area (Å²) in [7, 11) is 4.54. The lowest BCUT2D eigenvalue weighted by Gasteiger charge is -2.12. The zero-order chi connectivity index (χ0) is 21.0. The van der Waals surface area contributed by atoms with Gasteiger partial charge in [-0.15, -0.1) is 0 Å². The standard InChI is InChI=1S/C23H23NO5/c1-15(25)24-18(14-22(26)29-4)13-21(16-5-9-19(27-2)10-6-16)23(24)17-7-11-20(28-3)12-8-17/h5-13H,14H2,1-4H3. The largest absolute Gasteiger partial charge is 0.497 e. The molecule has 0 aliphatic carbocycles. The molecule has 2 aromatic carbocycles. The molecular formula is C23H23NO5. The number of hydrogen-bond donors (Lipinski definition) is 0. The van der Waals surface area contributed by atoms with Gasteiger partial charge >= 0.3 is 5.97 Å². The quantitative estimate of drug-likeness (QED) is 0.587. The summed E-state index contributed by atoms with van der Waals surface area (Å²) < 4.78 is 16.9. The normalized spacial score (nSPS) is 10.5. The lowest BCUT2D eigenvalue weighted by Crippen LogP contribution is -2.15. The molecule has 0 aliphatic rings. The molecule has 0 radical (unpaired) electrons. The van der Waals surface area contributed by atoms with Crippen molar-refractivity contribution in [2.45, 2.75) is 13.3 Å². The molecule has 0 N–H and O–H groups in total. The van der Waals surface area contributed by atoms with Crippen molar-refractivity contribution in [1.29, 1.82) is 0 Å². The van der Waals surface area contributed by atoms with E-state index in [1.165, 1.54) is 14.0 Å². The summed E-state index contributed by atoms with van der Waals surface area (Å²) in [6.45, 7) is 1.48. The first kappa shape index (κ1) is 20.2. The summed E-state index contributed by atoms with van der Waals surface area (Å²) in [6.07, 6.45) is -0.00457. The van der Waals surface area contributed by atoms with Crippen LogP contribution in [0.3, 0.4) is 0 Å². The average Bonchev–Trinajstić information content (AvgIpc) is 3.13. The highest BCUT2D eigenvalue weighted by Crippen LogP contribution is 2.37. The van der Waals surface area contributed by atoms with Gasteiger partial charge in [0.1, 0.15) is 11.5 Å². The fourth-order valence-electron chi connectivity index (χ4n) is 3.30. The first-order valence-electron chi connectivity index (χ1n) is 9.09. The van der Waals surface area contributed by atoms with Crippen LogP contribution >= 0.6 is 0 Å². The molecule has 1 heterocycles. The Kier molecular flexibility index (Phi) is 6.02. The van der Waals surface area contributed by atoms with Crippen molar-refractivity contribution in [2.75, 3.05) is 21.3 Å². The fourth-order valence-corrected chi connectivity index (χ4v) is 3.30. The number of methoxy groups -OCH3 is 3. The Bertz CT molecular complexity index is 1020. The van der Waals surface area contributed by atoms with Gasteiger partial charge in [-0.2, -0.15) is 0 Å². The summed E-state index contributed by atoms with van der Waals surface area (Å²) in [4.78, 5) is 24.5. The maximum atomic E-state index is 12.6. The Morgan fingerprint density at radius 3 is 1.79 bits per heavy atom. The first-order valence-corrected chi connectivity index (χ1v) is 9.09. The Hall–Kier alpha value is -3.54. The van der Waals surface area contributed by atoms with Gasteiger partial charge < -0.3 is 14.2 Å². The molecule has 0 unspecified atom stereocenters. The monoisotopic (exact) mass is 393 g/mol. The van der Waals surface area contributed by atoms with E-state index < -0.39 is 5.97 Å². The number of esters is 1. The minimum atomic E-state index is -0.410. The van der Waals surface area contributed by atoms with Crippen molar-refractivity contribution < 1.29 is 23.8 Å². The zero-order valence-electron chi connectivity index (χ0n) is 16.9. The molecule has 0 saturated carbocycles. The molecule has 0 fully saturated rings. The van der Waals surface area contributed by atoms with Crippen molar-refractivity contribution >= 4 is 11.9 Å². The van der Waals surface area contributed by atoms with Gasteiger partial charge in [0.05, 0.1) is 33.4 Å². The Morgan fingerprint density at radius 2 is 1.34 bits per heavy atom. The second-order valence-corrected chi connectivity index (χ2v) is 6.46. The molecule has 29 heavy (non-hydrogen) atoms. The van der Waals surface area contributed by atoms with Crippen LogP contribution in [0.2, 0.25) is 0 Å². The lowest BCUT2D eigenvalue weighted by molar-refractivity contribution is -0.139. The first-order chi connectivity index (χ1) is 14.0. The third kappa shape index (κ3) is 4.16. The van der Waals surface area contributed by atoms with E-state index >= 15 is 0 Å². The smallest absolute Gasteiger partial charge is 0.311 e. The third-order valence-corrected chi connectivity index (χ3v) is 4.71. The molecule has 3 rings (SSSR count). The van der Waals surface area contributed by atoms with Gasteiger partial charge in [-0.1, -0.05) is 12.1 Å². The number of hydrogen-bond acceptors (Lipinski definition) is 5. The van der Waals surface area contributed by atoms with Crippen LogP contribution in [0.1, 0.15) is 17.4 Å². The lowest BCUT2D eigenvalue weighted by atomic mass is 10.0. The van der Waals surface area contributed by atoms with Crippen molar-refractivity contribution in [3.63, 3.8) is 0 Å². The van der Waals surface area contributed by atoms with Gasteiger partial charge in [0.2, 0.25) is 5.91 Å². The summed E-state index contributed by atoms with van der Waals surface area (Å²) in [5.41, 5.74) is 3.86. The molecule has 6 heteroatoms. The predicted octanol–water partition coefficient (Wildman–Crippen LogP) is 4.21. The summed E-state index contributed by atoms with van der Waals surface area (Å²) in [6, 6.07) is 16.9. The Balaban J connectivity index is 2.24. The minimum absolute atomic E-state index is 0.00457. The second-order valence-electron chi connectivity index (χ2n) is 6.46. The van der Waals surface area contributed by atoms with Gasteiger partial charge in [-0.3, -0.25) is 14.2 Å². The molecular weight excluding hydrogens is 370 g/mol. The van der Waals surface area contributed by atoms with Crippen LogP contribution in [-0.4, -0.2) is 37.8 Å². The van der Waals surface area contributed by atoms with E-state index in [0.717, 1.165) is 28.2 Å². The van der Waals surface area contributed by atoms with E-state index in [1.807, 2.05) is 54.6 Å². The van der Waals surface area contributed by atoms with Crippen molar-refractivity contribution in [3.8, 4) is 33.9 Å². The maximum absolute atomic E-state index is 12.6. The highest BCUT2D eigenvalue weighted by molar-refractivity contribution is 5.93. The Morgan fingerprint density at radius 1 is 0.828 bits per heavy atom. The van der Waals surface area contributed by atoms with E-state index in [2.05, 4.69) is 0 Å². The van der Waals surface area contributed by atoms with Gasteiger partial charge in [0, 0.05) is 18.2 Å². The number of nitrogens with zero attached hydrogens (tertiary/aromatic N) is 1. The van der Waals surface area contributed by atoms with Crippen molar-refractivity contribution in [1.82, 2.24) is 4.57 Å². The molecule has 1 aromatic heterocycles. The number of ether oxygens (including phenoxy) is 3. The topological polar surface area (TPSA) is 66.8 Å². The number of rotatable bonds is 6. The number of benzene rings is 2. The van der Waals surface area contributed by atoms with E-state index in [9.17, 15) is 9.59 Å². The molecule has 0 aliphatic heterocycles. The van der Waals surface area contributed by atoms with Crippen molar-refractivity contribution in [3.05, 3.63) is 60.3 Å². The second kappa shape index (κ2) is 8.65. The highest BCUT2D eigenvalue weighted by Gasteiger charge is 2.22. The Labute approximate surface area is 169 Å². The van der Waals surface area contributed by atoms with Gasteiger partial charge in [0.25, 0.3) is 0 Å². The number of carbonyl (C=O) groups is 2. The fraction of sp³-hybridized carbons (Fsp3) is 0.217. The molecule has 150 valence electrons.